The van der Waals surface area contributed by atoms with E-state index in [2.05, 4.69) is 41.2 Å². The molecule has 0 saturated heterocycles. The van der Waals surface area contributed by atoms with Gasteiger partial charge in [0.05, 0.1) is 20.1 Å². The summed E-state index contributed by atoms with van der Waals surface area (Å²) in [4.78, 5) is 63.3. The van der Waals surface area contributed by atoms with Crippen molar-refractivity contribution in [3.8, 4) is 0 Å². The van der Waals surface area contributed by atoms with Crippen LogP contribution >= 0.6 is 0 Å². The van der Waals surface area contributed by atoms with E-state index < -0.39 is 47.9 Å². The second-order valence-corrected chi connectivity index (χ2v) is 16.3. The summed E-state index contributed by atoms with van der Waals surface area (Å²) in [6.45, 7) is 17.5. The zero-order valence-electron chi connectivity index (χ0n) is 28.8. The van der Waals surface area contributed by atoms with E-state index in [1.165, 1.54) is 7.11 Å². The molecule has 0 aromatic rings. The Hall–Kier alpha value is -2.81. The third-order valence-electron chi connectivity index (χ3n) is 12.6. The van der Waals surface area contributed by atoms with Crippen molar-refractivity contribution in [3.05, 3.63) is 23.3 Å². The molecule has 3 saturated carbocycles. The van der Waals surface area contributed by atoms with Crippen LogP contribution < -0.4 is 0 Å². The van der Waals surface area contributed by atoms with E-state index in [4.69, 9.17) is 14.2 Å². The van der Waals surface area contributed by atoms with Gasteiger partial charge in [-0.3, -0.25) is 19.2 Å². The molecule has 4 rings (SSSR count). The van der Waals surface area contributed by atoms with E-state index in [1.54, 1.807) is 0 Å². The van der Waals surface area contributed by atoms with Gasteiger partial charge >= 0.3 is 17.9 Å². The van der Waals surface area contributed by atoms with Crippen molar-refractivity contribution in [1.29, 1.82) is 0 Å². The minimum Gasteiger partial charge on any atom is -0.481 e. The normalized spacial score (nSPS) is 34.7. The number of fused-ring (bicyclic) bond motifs is 2. The van der Waals surface area contributed by atoms with Crippen LogP contribution in [0, 0.1) is 45.3 Å². The Balaban J connectivity index is 1.60. The number of hydrogen-bond acceptors (Lipinski definition) is 8. The summed E-state index contributed by atoms with van der Waals surface area (Å²) in [6.07, 6.45) is 5.82. The fourth-order valence-corrected chi connectivity index (χ4v) is 10.5. The lowest BCUT2D eigenvalue weighted by atomic mass is 9.48. The van der Waals surface area contributed by atoms with E-state index in [0.29, 0.717) is 36.3 Å². The predicted molar refractivity (Wildman–Crippen MR) is 171 cm³/mol. The maximum absolute atomic E-state index is 13.9. The smallest absolute Gasteiger partial charge is 0.335 e. The van der Waals surface area contributed by atoms with Crippen molar-refractivity contribution in [2.45, 2.75) is 118 Å². The molecule has 0 aromatic carbocycles. The first-order valence-corrected chi connectivity index (χ1v) is 16.9. The summed E-state index contributed by atoms with van der Waals surface area (Å²) in [6, 6.07) is 0. The molecule has 9 heteroatoms. The molecule has 0 radical (unpaired) electrons. The van der Waals surface area contributed by atoms with Crippen LogP contribution in [0.1, 0.15) is 106 Å². The van der Waals surface area contributed by atoms with Crippen molar-refractivity contribution in [2.75, 3.05) is 13.7 Å². The summed E-state index contributed by atoms with van der Waals surface area (Å²) in [5.74, 6) is -3.95. The van der Waals surface area contributed by atoms with Gasteiger partial charge in [-0.2, -0.15) is 0 Å². The number of methoxy groups -OCH3 is 1. The summed E-state index contributed by atoms with van der Waals surface area (Å²) < 4.78 is 17.4. The number of carbonyl (C=O) groups excluding carboxylic acids is 4. The van der Waals surface area contributed by atoms with Crippen LogP contribution in [0.4, 0.5) is 0 Å². The molecule has 4 aliphatic rings. The summed E-state index contributed by atoms with van der Waals surface area (Å²) in [7, 11) is 1.19. The van der Waals surface area contributed by atoms with E-state index in [-0.39, 0.29) is 34.7 Å². The number of carbonyl (C=O) groups is 5. The van der Waals surface area contributed by atoms with E-state index in [1.807, 2.05) is 6.92 Å². The molecule has 0 amide bonds. The topological polar surface area (TPSA) is 133 Å². The number of rotatable bonds is 11. The lowest BCUT2D eigenvalue weighted by Crippen LogP contribution is -2.52. The van der Waals surface area contributed by atoms with Crippen molar-refractivity contribution in [2.24, 2.45) is 45.3 Å². The van der Waals surface area contributed by atoms with Gasteiger partial charge in [0, 0.05) is 16.9 Å². The quantitative estimate of drug-likeness (QED) is 0.157. The van der Waals surface area contributed by atoms with Crippen LogP contribution in [0.5, 0.6) is 0 Å². The first-order valence-electron chi connectivity index (χ1n) is 16.9. The van der Waals surface area contributed by atoms with Crippen LogP contribution in [-0.4, -0.2) is 61.5 Å². The van der Waals surface area contributed by atoms with Crippen molar-refractivity contribution >= 4 is 30.5 Å². The van der Waals surface area contributed by atoms with Gasteiger partial charge < -0.3 is 19.3 Å². The number of aldehydes is 2. The first-order chi connectivity index (χ1) is 21.4. The highest BCUT2D eigenvalue weighted by Gasteiger charge is 2.56. The summed E-state index contributed by atoms with van der Waals surface area (Å²) >= 11 is 0. The highest BCUT2D eigenvalue weighted by molar-refractivity contribution is 5.89. The molecule has 9 nitrogen and oxygen atoms in total. The van der Waals surface area contributed by atoms with E-state index in [9.17, 15) is 29.1 Å². The molecule has 5 unspecified atom stereocenters. The fraction of sp³-hybridized carbons (Fsp3) is 0.757. The van der Waals surface area contributed by atoms with Gasteiger partial charge in [-0.05, 0) is 85.0 Å². The van der Waals surface area contributed by atoms with Crippen LogP contribution in [0.2, 0.25) is 0 Å². The predicted octanol–water partition coefficient (Wildman–Crippen LogP) is 6.28. The van der Waals surface area contributed by atoms with Gasteiger partial charge in [0.1, 0.15) is 24.6 Å². The number of allylic oxidation sites excluding steroid dienone is 2. The number of esters is 2. The minimum absolute atomic E-state index is 0.0672. The molecule has 4 aliphatic carbocycles. The molecule has 0 aromatic heterocycles. The third-order valence-corrected chi connectivity index (χ3v) is 12.6. The number of carboxylic acid groups (broad SMARTS) is 1. The maximum Gasteiger partial charge on any atom is 0.335 e. The van der Waals surface area contributed by atoms with E-state index in [0.717, 1.165) is 56.7 Å². The van der Waals surface area contributed by atoms with Gasteiger partial charge in [-0.15, -0.1) is 0 Å². The Morgan fingerprint density at radius 3 is 2.22 bits per heavy atom. The number of ether oxygens (including phenoxy) is 3. The largest absolute Gasteiger partial charge is 0.481 e. The molecule has 0 heterocycles. The van der Waals surface area contributed by atoms with Gasteiger partial charge in [0.2, 0.25) is 0 Å². The Labute approximate surface area is 273 Å². The summed E-state index contributed by atoms with van der Waals surface area (Å²) in [5.41, 5.74) is 0.955. The standard InChI is InChI=1S/C37H54O9/c1-22-10-12-28-34(2,3)14-9-15-36(28,6)27(22)21-45-31(33(43)44-8)25(16-30(40)41)32(42)46-24-17-35(4,5)29-13-11-23(19-38)26(20-39)37(29,7)18-24/h19-20,24-25,27-29,31H,1,9-18,21H2,2-8H3,(H,40,41)/t24?,25?,27-,28?,29?,31?,36+,37-/m1/s1. The van der Waals surface area contributed by atoms with E-state index >= 15 is 0 Å². The molecule has 256 valence electrons. The average Bonchev–Trinajstić information content (AvgIpc) is 2.95. The monoisotopic (exact) mass is 642 g/mol. The Morgan fingerprint density at radius 1 is 0.935 bits per heavy atom. The number of aliphatic carboxylic acids is 1. The Morgan fingerprint density at radius 2 is 1.61 bits per heavy atom. The zero-order chi connectivity index (χ0) is 34.2. The van der Waals surface area contributed by atoms with Gasteiger partial charge in [-0.25, -0.2) is 4.79 Å². The van der Waals surface area contributed by atoms with Crippen LogP contribution in [0.3, 0.4) is 0 Å². The highest BCUT2D eigenvalue weighted by atomic mass is 16.6. The molecule has 8 atom stereocenters. The Bertz CT molecular complexity index is 1280. The van der Waals surface area contributed by atoms with Gasteiger partial charge in [-0.1, -0.05) is 60.1 Å². The molecule has 46 heavy (non-hydrogen) atoms. The second kappa shape index (κ2) is 13.4. The first kappa shape index (κ1) is 36.0. The molecule has 1 N–H and O–H groups in total. The molecular weight excluding hydrogens is 588 g/mol. The van der Waals surface area contributed by atoms with Crippen molar-refractivity contribution < 1.29 is 43.3 Å². The van der Waals surface area contributed by atoms with Crippen LogP contribution in [-0.2, 0) is 38.2 Å². The zero-order valence-corrected chi connectivity index (χ0v) is 28.8. The lowest BCUT2D eigenvalue weighted by Gasteiger charge is -2.58. The molecule has 3 fully saturated rings. The van der Waals surface area contributed by atoms with Crippen LogP contribution in [0.25, 0.3) is 0 Å². The summed E-state index contributed by atoms with van der Waals surface area (Å²) in [5, 5.41) is 9.85. The van der Waals surface area contributed by atoms with Crippen LogP contribution in [0.15, 0.2) is 23.3 Å². The number of hydrogen-bond donors (Lipinski definition) is 1. The highest BCUT2D eigenvalue weighted by Crippen LogP contribution is 2.61. The van der Waals surface area contributed by atoms with Gasteiger partial charge in [0.25, 0.3) is 0 Å². The third kappa shape index (κ3) is 6.63. The SMILES string of the molecule is C=C1CCC2C(C)(C)CCC[C@@]2(C)[C@@H]1COC(C(=O)OC)C(CC(=O)O)C(=O)OC1CC(C)(C)C2CCC(C=O)=C(C=O)[C@@]2(C)C1. The molecular formula is C37H54O9. The van der Waals surface area contributed by atoms with Gasteiger partial charge in [0.15, 0.2) is 6.10 Å². The average molecular weight is 643 g/mol. The maximum atomic E-state index is 13.9. The Kier molecular flexibility index (Phi) is 10.5. The van der Waals surface area contributed by atoms with Crippen molar-refractivity contribution in [1.82, 2.24) is 0 Å². The minimum atomic E-state index is -1.48. The second-order valence-electron chi connectivity index (χ2n) is 16.3. The van der Waals surface area contributed by atoms with Crippen molar-refractivity contribution in [3.63, 3.8) is 0 Å². The lowest BCUT2D eigenvalue weighted by molar-refractivity contribution is -0.182. The fourth-order valence-electron chi connectivity index (χ4n) is 10.5. The molecule has 0 bridgehead atoms. The molecule has 0 spiro atoms. The molecule has 0 aliphatic heterocycles. The number of carboxylic acids is 1.